The molecule has 1 heterocycles. The summed E-state index contributed by atoms with van der Waals surface area (Å²) in [6, 6.07) is 2.58. The topological polar surface area (TPSA) is 78.7 Å². The molecule has 0 bridgehead atoms. The third-order valence-corrected chi connectivity index (χ3v) is 2.79. The van der Waals surface area contributed by atoms with Crippen LogP contribution in [0, 0.1) is 10.1 Å². The standard InChI is InChI=1S/C10H8BrNO5/c11-5-8(13)6-3-9-10(17-2-1-16-9)4-7(6)12(14)15/h3-4H,1-2,5H2. The number of ketones is 1. The number of hydrogen-bond donors (Lipinski definition) is 0. The summed E-state index contributed by atoms with van der Waals surface area (Å²) in [4.78, 5) is 21.8. The van der Waals surface area contributed by atoms with E-state index in [0.29, 0.717) is 24.7 Å². The van der Waals surface area contributed by atoms with Crippen molar-refractivity contribution in [1.29, 1.82) is 0 Å². The maximum atomic E-state index is 11.6. The Labute approximate surface area is 105 Å². The van der Waals surface area contributed by atoms with Crippen molar-refractivity contribution in [3.05, 3.63) is 27.8 Å². The summed E-state index contributed by atoms with van der Waals surface area (Å²) in [7, 11) is 0. The Morgan fingerprint density at radius 3 is 2.47 bits per heavy atom. The molecule has 0 atom stereocenters. The van der Waals surface area contributed by atoms with Crippen molar-refractivity contribution in [2.24, 2.45) is 0 Å². The average Bonchev–Trinajstić information content (AvgIpc) is 2.36. The first-order valence-corrected chi connectivity index (χ1v) is 5.93. The average molecular weight is 302 g/mol. The summed E-state index contributed by atoms with van der Waals surface area (Å²) in [5.74, 6) is 0.300. The van der Waals surface area contributed by atoms with Gasteiger partial charge in [0.2, 0.25) is 0 Å². The normalized spacial score (nSPS) is 13.2. The van der Waals surface area contributed by atoms with Gasteiger partial charge in [0.25, 0.3) is 5.69 Å². The van der Waals surface area contributed by atoms with Gasteiger partial charge in [-0.1, -0.05) is 15.9 Å². The third kappa shape index (κ3) is 2.23. The number of ether oxygens (including phenoxy) is 2. The van der Waals surface area contributed by atoms with Crippen molar-refractivity contribution in [1.82, 2.24) is 0 Å². The van der Waals surface area contributed by atoms with Crippen LogP contribution < -0.4 is 9.47 Å². The van der Waals surface area contributed by atoms with Gasteiger partial charge in [0.15, 0.2) is 17.3 Å². The fraction of sp³-hybridized carbons (Fsp3) is 0.300. The third-order valence-electron chi connectivity index (χ3n) is 2.28. The Balaban J connectivity index is 2.55. The lowest BCUT2D eigenvalue weighted by molar-refractivity contribution is -0.385. The van der Waals surface area contributed by atoms with Crippen molar-refractivity contribution in [2.75, 3.05) is 18.5 Å². The number of rotatable bonds is 3. The number of nitro benzene ring substituents is 1. The van der Waals surface area contributed by atoms with Crippen LogP contribution in [0.1, 0.15) is 10.4 Å². The molecular formula is C10H8BrNO5. The number of nitrogens with zero attached hydrogens (tertiary/aromatic N) is 1. The van der Waals surface area contributed by atoms with Crippen LogP contribution >= 0.6 is 15.9 Å². The number of Topliss-reactive ketones (excluding diaryl/α,β-unsaturated/α-hetero) is 1. The van der Waals surface area contributed by atoms with Crippen LogP contribution in [0.2, 0.25) is 0 Å². The molecule has 7 heteroatoms. The minimum Gasteiger partial charge on any atom is -0.486 e. The Hall–Kier alpha value is -1.63. The minimum absolute atomic E-state index is 0.0213. The molecule has 0 saturated heterocycles. The number of fused-ring (bicyclic) bond motifs is 1. The predicted molar refractivity (Wildman–Crippen MR) is 62.2 cm³/mol. The molecule has 1 aliphatic heterocycles. The van der Waals surface area contributed by atoms with Gasteiger partial charge in [0, 0.05) is 6.07 Å². The van der Waals surface area contributed by atoms with E-state index in [1.807, 2.05) is 0 Å². The molecule has 0 N–H and O–H groups in total. The highest BCUT2D eigenvalue weighted by Gasteiger charge is 2.25. The number of nitro groups is 1. The van der Waals surface area contributed by atoms with E-state index in [2.05, 4.69) is 15.9 Å². The van der Waals surface area contributed by atoms with Gasteiger partial charge in [-0.2, -0.15) is 0 Å². The Morgan fingerprint density at radius 1 is 1.35 bits per heavy atom. The van der Waals surface area contributed by atoms with E-state index in [1.54, 1.807) is 0 Å². The van der Waals surface area contributed by atoms with Crippen molar-refractivity contribution in [3.8, 4) is 11.5 Å². The van der Waals surface area contributed by atoms with Crippen LogP contribution in [0.4, 0.5) is 5.69 Å². The minimum atomic E-state index is -0.603. The van der Waals surface area contributed by atoms with Crippen LogP contribution in [0.3, 0.4) is 0 Å². The molecule has 1 aromatic rings. The zero-order valence-electron chi connectivity index (χ0n) is 8.64. The Kier molecular flexibility index (Phi) is 3.28. The molecule has 0 aliphatic carbocycles. The van der Waals surface area contributed by atoms with Gasteiger partial charge in [-0.25, -0.2) is 0 Å². The highest BCUT2D eigenvalue weighted by Crippen LogP contribution is 2.36. The second-order valence-corrected chi connectivity index (χ2v) is 3.89. The number of alkyl halides is 1. The molecule has 0 amide bonds. The molecule has 1 aromatic carbocycles. The van der Waals surface area contributed by atoms with Gasteiger partial charge in [0.1, 0.15) is 18.8 Å². The largest absolute Gasteiger partial charge is 0.486 e. The van der Waals surface area contributed by atoms with Gasteiger partial charge >= 0.3 is 0 Å². The molecule has 1 aliphatic rings. The van der Waals surface area contributed by atoms with Crippen LogP contribution in [-0.4, -0.2) is 29.3 Å². The second-order valence-electron chi connectivity index (χ2n) is 3.33. The molecule has 0 unspecified atom stereocenters. The first-order valence-electron chi connectivity index (χ1n) is 4.80. The molecule has 0 aromatic heterocycles. The monoisotopic (exact) mass is 301 g/mol. The molecule has 0 fully saturated rings. The second kappa shape index (κ2) is 4.70. The summed E-state index contributed by atoms with van der Waals surface area (Å²) < 4.78 is 10.5. The zero-order chi connectivity index (χ0) is 12.4. The number of carbonyl (C=O) groups excluding carboxylic acids is 1. The first kappa shape index (κ1) is 11.8. The van der Waals surface area contributed by atoms with Gasteiger partial charge in [-0.15, -0.1) is 0 Å². The maximum absolute atomic E-state index is 11.6. The molecule has 0 saturated carbocycles. The SMILES string of the molecule is O=C(CBr)c1cc2c(cc1[N+](=O)[O-])OCCO2. The van der Waals surface area contributed by atoms with Crippen molar-refractivity contribution in [2.45, 2.75) is 0 Å². The van der Waals surface area contributed by atoms with Crippen LogP contribution in [0.5, 0.6) is 11.5 Å². The van der Waals surface area contributed by atoms with E-state index in [1.165, 1.54) is 12.1 Å². The fourth-order valence-electron chi connectivity index (χ4n) is 1.52. The van der Waals surface area contributed by atoms with E-state index in [0.717, 1.165) is 0 Å². The predicted octanol–water partition coefficient (Wildman–Crippen LogP) is 1.94. The van der Waals surface area contributed by atoms with Gasteiger partial charge in [-0.3, -0.25) is 14.9 Å². The highest BCUT2D eigenvalue weighted by atomic mass is 79.9. The Morgan fingerprint density at radius 2 is 1.94 bits per heavy atom. The van der Waals surface area contributed by atoms with Crippen LogP contribution in [0.25, 0.3) is 0 Å². The smallest absolute Gasteiger partial charge is 0.284 e. The lowest BCUT2D eigenvalue weighted by Gasteiger charge is -2.18. The summed E-state index contributed by atoms with van der Waals surface area (Å²) in [5.41, 5.74) is -0.241. The van der Waals surface area contributed by atoms with Gasteiger partial charge in [-0.05, 0) is 0 Å². The fourth-order valence-corrected chi connectivity index (χ4v) is 1.83. The summed E-state index contributed by atoms with van der Waals surface area (Å²) in [6.45, 7) is 0.711. The maximum Gasteiger partial charge on any atom is 0.284 e. The van der Waals surface area contributed by atoms with E-state index in [4.69, 9.17) is 9.47 Å². The summed E-state index contributed by atoms with van der Waals surface area (Å²) >= 11 is 2.99. The van der Waals surface area contributed by atoms with E-state index < -0.39 is 4.92 Å². The first-order chi connectivity index (χ1) is 8.13. The molecule has 17 heavy (non-hydrogen) atoms. The van der Waals surface area contributed by atoms with Crippen molar-refractivity contribution >= 4 is 27.4 Å². The lowest BCUT2D eigenvalue weighted by atomic mass is 10.1. The Bertz CT molecular complexity index is 488. The summed E-state index contributed by atoms with van der Waals surface area (Å²) in [6.07, 6.45) is 0. The number of halogens is 1. The zero-order valence-corrected chi connectivity index (χ0v) is 10.2. The molecule has 0 radical (unpaired) electrons. The highest BCUT2D eigenvalue weighted by molar-refractivity contribution is 9.09. The van der Waals surface area contributed by atoms with Crippen molar-refractivity contribution in [3.63, 3.8) is 0 Å². The number of benzene rings is 1. The molecule has 0 spiro atoms. The van der Waals surface area contributed by atoms with E-state index in [9.17, 15) is 14.9 Å². The molecule has 2 rings (SSSR count). The lowest BCUT2D eigenvalue weighted by Crippen LogP contribution is -2.16. The van der Waals surface area contributed by atoms with Gasteiger partial charge in [0.05, 0.1) is 16.3 Å². The van der Waals surface area contributed by atoms with Gasteiger partial charge < -0.3 is 9.47 Å². The number of hydrogen-bond acceptors (Lipinski definition) is 5. The number of carbonyl (C=O) groups is 1. The van der Waals surface area contributed by atoms with Crippen LogP contribution in [-0.2, 0) is 0 Å². The molecular weight excluding hydrogens is 294 g/mol. The van der Waals surface area contributed by atoms with E-state index in [-0.39, 0.29) is 22.4 Å². The van der Waals surface area contributed by atoms with E-state index >= 15 is 0 Å². The van der Waals surface area contributed by atoms with Crippen LogP contribution in [0.15, 0.2) is 12.1 Å². The van der Waals surface area contributed by atoms with Crippen molar-refractivity contribution < 1.29 is 19.2 Å². The quantitative estimate of drug-likeness (QED) is 0.369. The molecule has 90 valence electrons. The molecule has 6 nitrogen and oxygen atoms in total. The summed E-state index contributed by atoms with van der Waals surface area (Å²) in [5, 5.41) is 10.9.